The predicted molar refractivity (Wildman–Crippen MR) is 46.2 cm³/mol. The number of hydrogen-bond acceptors (Lipinski definition) is 5. The van der Waals surface area contributed by atoms with Crippen LogP contribution in [-0.2, 0) is 9.59 Å². The summed E-state index contributed by atoms with van der Waals surface area (Å²) in [5, 5.41) is 16.5. The molecule has 0 radical (unpaired) electrons. The van der Waals surface area contributed by atoms with Crippen LogP contribution in [0.3, 0.4) is 0 Å². The highest BCUT2D eigenvalue weighted by Crippen LogP contribution is 1.97. The van der Waals surface area contributed by atoms with Gasteiger partial charge in [0.15, 0.2) is 0 Å². The Morgan fingerprint density at radius 3 is 1.86 bits per heavy atom. The number of hydrogen-bond donors (Lipinski definition) is 1. The van der Waals surface area contributed by atoms with E-state index in [1.807, 2.05) is 0 Å². The van der Waals surface area contributed by atoms with E-state index in [0.29, 0.717) is 0 Å². The molecule has 0 aromatic rings. The van der Waals surface area contributed by atoms with Gasteiger partial charge in [-0.3, -0.25) is 14.5 Å². The molecule has 2 N–H and O–H groups in total. The molecule has 0 aromatic heterocycles. The quantitative estimate of drug-likeness (QED) is 0.625. The van der Waals surface area contributed by atoms with E-state index < -0.39 is 11.8 Å². The van der Waals surface area contributed by atoms with Crippen LogP contribution in [0.2, 0.25) is 0 Å². The number of rotatable bonds is 4. The molecule has 0 bridgehead atoms. The first kappa shape index (κ1) is 12.1. The molecule has 0 saturated carbocycles. The van der Waals surface area contributed by atoms with Crippen LogP contribution in [0.1, 0.15) is 12.8 Å². The molecule has 6 heteroatoms. The van der Waals surface area contributed by atoms with E-state index in [4.69, 9.17) is 16.3 Å². The van der Waals surface area contributed by atoms with Crippen molar-refractivity contribution in [1.82, 2.24) is 4.90 Å². The second kappa shape index (κ2) is 6.58. The first-order chi connectivity index (χ1) is 6.67. The van der Waals surface area contributed by atoms with Crippen LogP contribution in [0.25, 0.3) is 0 Å². The summed E-state index contributed by atoms with van der Waals surface area (Å²) in [7, 11) is 0. The highest BCUT2D eigenvalue weighted by Gasteiger charge is 2.19. The van der Waals surface area contributed by atoms with E-state index in [-0.39, 0.29) is 25.9 Å². The van der Waals surface area contributed by atoms with Crippen LogP contribution in [0.15, 0.2) is 0 Å². The molecule has 0 aliphatic heterocycles. The van der Waals surface area contributed by atoms with Gasteiger partial charge in [0.1, 0.15) is 12.8 Å². The van der Waals surface area contributed by atoms with Crippen molar-refractivity contribution in [1.29, 1.82) is 10.5 Å². The van der Waals surface area contributed by atoms with E-state index in [9.17, 15) is 9.59 Å². The SMILES string of the molecule is N#CCC(=O)N(CCN)C(=O)CC#N. The third kappa shape index (κ3) is 3.65. The molecule has 2 amide bonds. The molecule has 14 heavy (non-hydrogen) atoms. The molecular weight excluding hydrogens is 184 g/mol. The molecule has 0 fully saturated rings. The maximum absolute atomic E-state index is 11.2. The van der Waals surface area contributed by atoms with Gasteiger partial charge >= 0.3 is 0 Å². The topological polar surface area (TPSA) is 111 Å². The van der Waals surface area contributed by atoms with Crippen LogP contribution >= 0.6 is 0 Å². The molecule has 0 spiro atoms. The van der Waals surface area contributed by atoms with Crippen molar-refractivity contribution in [3.8, 4) is 12.1 Å². The third-order valence-electron chi connectivity index (χ3n) is 1.42. The minimum Gasteiger partial charge on any atom is -0.329 e. The van der Waals surface area contributed by atoms with Gasteiger partial charge in [0.05, 0.1) is 12.1 Å². The number of nitriles is 2. The van der Waals surface area contributed by atoms with Crippen LogP contribution in [0.4, 0.5) is 0 Å². The van der Waals surface area contributed by atoms with Crippen molar-refractivity contribution >= 4 is 11.8 Å². The van der Waals surface area contributed by atoms with Gasteiger partial charge in [-0.05, 0) is 0 Å². The summed E-state index contributed by atoms with van der Waals surface area (Å²) in [6, 6.07) is 3.27. The molecule has 0 rings (SSSR count). The molecule has 0 unspecified atom stereocenters. The lowest BCUT2D eigenvalue weighted by atomic mass is 10.3. The molecule has 0 aromatic carbocycles. The minimum atomic E-state index is -0.613. The summed E-state index contributed by atoms with van der Waals surface area (Å²) in [4.78, 5) is 23.2. The monoisotopic (exact) mass is 194 g/mol. The Hall–Kier alpha value is -1.92. The van der Waals surface area contributed by atoms with Gasteiger partial charge in [0, 0.05) is 13.1 Å². The maximum Gasteiger partial charge on any atom is 0.243 e. The van der Waals surface area contributed by atoms with E-state index in [1.165, 1.54) is 0 Å². The maximum atomic E-state index is 11.2. The summed E-state index contributed by atoms with van der Waals surface area (Å²) in [5.74, 6) is -1.23. The van der Waals surface area contributed by atoms with Crippen molar-refractivity contribution < 1.29 is 9.59 Å². The zero-order valence-corrected chi connectivity index (χ0v) is 7.56. The number of imide groups is 1. The fraction of sp³-hybridized carbons (Fsp3) is 0.500. The fourth-order valence-corrected chi connectivity index (χ4v) is 0.844. The number of amides is 2. The Kier molecular flexibility index (Phi) is 5.68. The van der Waals surface area contributed by atoms with Crippen LogP contribution in [-0.4, -0.2) is 29.8 Å². The standard InChI is InChI=1S/C8H10N4O2/c9-3-1-7(13)12(6-5-11)8(14)2-4-10/h1-2,5-6,11H2. The summed E-state index contributed by atoms with van der Waals surface area (Å²) in [6.07, 6.45) is -0.756. The second-order valence-electron chi connectivity index (χ2n) is 2.40. The van der Waals surface area contributed by atoms with Gasteiger partial charge in [-0.15, -0.1) is 0 Å². The Balaban J connectivity index is 4.44. The lowest BCUT2D eigenvalue weighted by Gasteiger charge is -2.16. The zero-order chi connectivity index (χ0) is 11.0. The third-order valence-corrected chi connectivity index (χ3v) is 1.42. The number of carbonyl (C=O) groups excluding carboxylic acids is 2. The molecule has 0 saturated heterocycles. The molecule has 0 aliphatic rings. The number of nitrogens with zero attached hydrogens (tertiary/aromatic N) is 3. The first-order valence-corrected chi connectivity index (χ1v) is 3.94. The highest BCUT2D eigenvalue weighted by molar-refractivity contribution is 5.96. The van der Waals surface area contributed by atoms with E-state index in [1.54, 1.807) is 12.1 Å². The molecular formula is C8H10N4O2. The highest BCUT2D eigenvalue weighted by atomic mass is 16.2. The van der Waals surface area contributed by atoms with E-state index in [0.717, 1.165) is 4.90 Å². The largest absolute Gasteiger partial charge is 0.329 e. The van der Waals surface area contributed by atoms with Crippen LogP contribution in [0, 0.1) is 22.7 Å². The van der Waals surface area contributed by atoms with Crippen molar-refractivity contribution in [2.24, 2.45) is 5.73 Å². The average molecular weight is 194 g/mol. The molecule has 74 valence electrons. The lowest BCUT2D eigenvalue weighted by molar-refractivity contribution is -0.143. The normalized spacial score (nSPS) is 8.50. The average Bonchev–Trinajstić information content (AvgIpc) is 2.14. The smallest absolute Gasteiger partial charge is 0.243 e. The predicted octanol–water partition coefficient (Wildman–Crippen LogP) is -0.872. The first-order valence-electron chi connectivity index (χ1n) is 3.94. The summed E-state index contributed by atoms with van der Waals surface area (Å²) in [6.45, 7) is 0.162. The Labute approximate surface area is 81.5 Å². The zero-order valence-electron chi connectivity index (χ0n) is 7.56. The van der Waals surface area contributed by atoms with Gasteiger partial charge in [-0.25, -0.2) is 0 Å². The van der Waals surface area contributed by atoms with Crippen molar-refractivity contribution in [3.05, 3.63) is 0 Å². The van der Waals surface area contributed by atoms with Crippen molar-refractivity contribution in [2.75, 3.05) is 13.1 Å². The second-order valence-corrected chi connectivity index (χ2v) is 2.40. The molecule has 6 nitrogen and oxygen atoms in total. The summed E-state index contributed by atoms with van der Waals surface area (Å²) >= 11 is 0. The number of carbonyl (C=O) groups is 2. The van der Waals surface area contributed by atoms with Gasteiger partial charge in [-0.2, -0.15) is 10.5 Å². The van der Waals surface area contributed by atoms with E-state index in [2.05, 4.69) is 0 Å². The van der Waals surface area contributed by atoms with Gasteiger partial charge < -0.3 is 5.73 Å². The summed E-state index contributed by atoms with van der Waals surface area (Å²) < 4.78 is 0. The number of nitrogens with two attached hydrogens (primary N) is 1. The molecule has 0 aliphatic carbocycles. The van der Waals surface area contributed by atoms with Gasteiger partial charge in [0.2, 0.25) is 11.8 Å². The van der Waals surface area contributed by atoms with Crippen molar-refractivity contribution in [2.45, 2.75) is 12.8 Å². The summed E-state index contributed by atoms with van der Waals surface area (Å²) in [5.41, 5.74) is 5.19. The van der Waals surface area contributed by atoms with Crippen molar-refractivity contribution in [3.63, 3.8) is 0 Å². The van der Waals surface area contributed by atoms with Gasteiger partial charge in [0.25, 0.3) is 0 Å². The van der Waals surface area contributed by atoms with Crippen LogP contribution < -0.4 is 5.73 Å². The molecule has 0 heterocycles. The lowest BCUT2D eigenvalue weighted by Crippen LogP contribution is -2.39. The van der Waals surface area contributed by atoms with Crippen LogP contribution in [0.5, 0.6) is 0 Å². The Morgan fingerprint density at radius 1 is 1.14 bits per heavy atom. The Bertz CT molecular complexity index is 271. The Morgan fingerprint density at radius 2 is 1.57 bits per heavy atom. The molecule has 0 atom stereocenters. The van der Waals surface area contributed by atoms with Gasteiger partial charge in [-0.1, -0.05) is 0 Å². The minimum absolute atomic E-state index is 0.0427. The van der Waals surface area contributed by atoms with E-state index >= 15 is 0 Å². The fourth-order valence-electron chi connectivity index (χ4n) is 0.844.